The van der Waals surface area contributed by atoms with Crippen molar-refractivity contribution in [3.8, 4) is 16.9 Å². The second-order valence-corrected chi connectivity index (χ2v) is 7.85. The summed E-state index contributed by atoms with van der Waals surface area (Å²) in [5, 5.41) is 0.646. The fraction of sp³-hybridized carbons (Fsp3) is 0.0769. The van der Waals surface area contributed by atoms with E-state index in [2.05, 4.69) is 18.0 Å². The van der Waals surface area contributed by atoms with E-state index in [1.165, 1.54) is 11.6 Å². The minimum absolute atomic E-state index is 0.145. The van der Waals surface area contributed by atoms with Crippen LogP contribution in [-0.2, 0) is 0 Å². The van der Waals surface area contributed by atoms with Gasteiger partial charge in [-0.3, -0.25) is 9.36 Å². The Balaban J connectivity index is 1.68. The number of aromatic amines is 1. The van der Waals surface area contributed by atoms with Gasteiger partial charge in [0, 0.05) is 22.3 Å². The van der Waals surface area contributed by atoms with Crippen molar-refractivity contribution in [3.05, 3.63) is 117 Å². The average molecular weight is 429 g/mol. The average Bonchev–Trinajstić information content (AvgIpc) is 3.16. The third-order valence-electron chi connectivity index (χ3n) is 5.27. The molecular formula is C26H21ClN2O2. The largest absolute Gasteiger partial charge is 0.330 e. The van der Waals surface area contributed by atoms with Crippen LogP contribution in [0.1, 0.15) is 27.0 Å². The molecule has 0 atom stereocenters. The third kappa shape index (κ3) is 4.44. The van der Waals surface area contributed by atoms with Gasteiger partial charge in [0.1, 0.15) is 0 Å². The Hall–Kier alpha value is -3.63. The molecule has 0 saturated carbocycles. The highest BCUT2D eigenvalue weighted by Gasteiger charge is 2.13. The number of aromatic nitrogens is 2. The van der Waals surface area contributed by atoms with Gasteiger partial charge >= 0.3 is 5.69 Å². The number of rotatable bonds is 5. The molecule has 0 spiro atoms. The van der Waals surface area contributed by atoms with Crippen molar-refractivity contribution in [2.24, 2.45) is 0 Å². The molecule has 0 radical (unpaired) electrons. The summed E-state index contributed by atoms with van der Waals surface area (Å²) >= 11 is 5.90. The van der Waals surface area contributed by atoms with Gasteiger partial charge in [-0.15, -0.1) is 0 Å². The molecule has 4 rings (SSSR count). The summed E-state index contributed by atoms with van der Waals surface area (Å²) < 4.78 is 1.59. The quantitative estimate of drug-likeness (QED) is 0.313. The number of hydrogen-bond acceptors (Lipinski definition) is 2. The standard InChI is InChI=1S/C26H21ClN2O2/c1-17-6-10-20(14-18(17)2)24-16-28-26(31)29(24)23-5-3-4-21(15-23)25(30)13-9-19-7-11-22(27)12-8-19/h3-16H,1-2H3,(H,28,31). The van der Waals surface area contributed by atoms with Crippen molar-refractivity contribution in [2.45, 2.75) is 13.8 Å². The van der Waals surface area contributed by atoms with Gasteiger partial charge in [0.15, 0.2) is 5.78 Å². The van der Waals surface area contributed by atoms with Crippen LogP contribution < -0.4 is 5.69 Å². The van der Waals surface area contributed by atoms with Gasteiger partial charge in [-0.2, -0.15) is 0 Å². The second kappa shape index (κ2) is 8.62. The summed E-state index contributed by atoms with van der Waals surface area (Å²) in [7, 11) is 0. The maximum atomic E-state index is 12.7. The molecule has 0 fully saturated rings. The lowest BCUT2D eigenvalue weighted by molar-refractivity contribution is 0.104. The summed E-state index contributed by atoms with van der Waals surface area (Å²) in [4.78, 5) is 28.1. The Morgan fingerprint density at radius 2 is 1.74 bits per heavy atom. The van der Waals surface area contributed by atoms with Crippen molar-refractivity contribution in [1.82, 2.24) is 9.55 Å². The fourth-order valence-corrected chi connectivity index (χ4v) is 3.50. The van der Waals surface area contributed by atoms with Gasteiger partial charge in [0.25, 0.3) is 0 Å². The molecule has 4 nitrogen and oxygen atoms in total. The Morgan fingerprint density at radius 1 is 0.968 bits per heavy atom. The van der Waals surface area contributed by atoms with E-state index >= 15 is 0 Å². The van der Waals surface area contributed by atoms with Crippen LogP contribution in [0.25, 0.3) is 23.0 Å². The lowest BCUT2D eigenvalue weighted by Crippen LogP contribution is -2.16. The topological polar surface area (TPSA) is 54.9 Å². The second-order valence-electron chi connectivity index (χ2n) is 7.41. The number of nitrogens with zero attached hydrogens (tertiary/aromatic N) is 1. The number of halogens is 1. The monoisotopic (exact) mass is 428 g/mol. The first-order valence-electron chi connectivity index (χ1n) is 9.89. The number of carbonyl (C=O) groups excluding carboxylic acids is 1. The first-order valence-corrected chi connectivity index (χ1v) is 10.3. The van der Waals surface area contributed by atoms with Gasteiger partial charge in [-0.25, -0.2) is 4.79 Å². The molecule has 3 aromatic carbocycles. The lowest BCUT2D eigenvalue weighted by atomic mass is 10.0. The zero-order chi connectivity index (χ0) is 22.0. The van der Waals surface area contributed by atoms with Crippen LogP contribution >= 0.6 is 11.6 Å². The summed E-state index contributed by atoms with van der Waals surface area (Å²) in [6.45, 7) is 4.09. The van der Waals surface area contributed by atoms with Gasteiger partial charge < -0.3 is 4.98 Å². The number of hydrogen-bond donors (Lipinski definition) is 1. The van der Waals surface area contributed by atoms with Crippen molar-refractivity contribution in [2.75, 3.05) is 0 Å². The molecular weight excluding hydrogens is 408 g/mol. The zero-order valence-electron chi connectivity index (χ0n) is 17.2. The SMILES string of the molecule is Cc1ccc(-c2c[nH]c(=O)n2-c2cccc(C(=O)C=Cc3ccc(Cl)cc3)c2)cc1C. The van der Waals surface area contributed by atoms with Gasteiger partial charge in [0.2, 0.25) is 0 Å². The zero-order valence-corrected chi connectivity index (χ0v) is 18.0. The molecule has 0 aliphatic carbocycles. The smallest absolute Gasteiger partial charge is 0.312 e. The number of benzene rings is 3. The minimum Gasteiger partial charge on any atom is -0.312 e. The van der Waals surface area contributed by atoms with E-state index in [9.17, 15) is 9.59 Å². The van der Waals surface area contributed by atoms with Crippen molar-refractivity contribution < 1.29 is 4.79 Å². The highest BCUT2D eigenvalue weighted by Crippen LogP contribution is 2.24. The molecule has 0 bridgehead atoms. The van der Waals surface area contributed by atoms with E-state index in [-0.39, 0.29) is 11.5 Å². The summed E-state index contributed by atoms with van der Waals surface area (Å²) in [6, 6.07) is 20.4. The minimum atomic E-state index is -0.255. The van der Waals surface area contributed by atoms with Crippen molar-refractivity contribution in [1.29, 1.82) is 0 Å². The van der Waals surface area contributed by atoms with E-state index < -0.39 is 0 Å². The molecule has 1 aromatic heterocycles. The highest BCUT2D eigenvalue weighted by atomic mass is 35.5. The number of imidazole rings is 1. The number of H-pyrrole nitrogens is 1. The number of carbonyl (C=O) groups is 1. The van der Waals surface area contributed by atoms with E-state index in [4.69, 9.17) is 11.6 Å². The first-order chi connectivity index (χ1) is 14.9. The molecule has 5 heteroatoms. The molecule has 0 unspecified atom stereocenters. The Morgan fingerprint density at radius 3 is 2.48 bits per heavy atom. The van der Waals surface area contributed by atoms with Crippen LogP contribution in [-0.4, -0.2) is 15.3 Å². The van der Waals surface area contributed by atoms with E-state index in [0.29, 0.717) is 16.3 Å². The van der Waals surface area contributed by atoms with Crippen LogP contribution in [0.4, 0.5) is 0 Å². The third-order valence-corrected chi connectivity index (χ3v) is 5.52. The van der Waals surface area contributed by atoms with E-state index in [1.807, 2.05) is 37.3 Å². The lowest BCUT2D eigenvalue weighted by Gasteiger charge is -2.10. The Bertz CT molecular complexity index is 1340. The molecule has 0 saturated heterocycles. The van der Waals surface area contributed by atoms with Gasteiger partial charge in [-0.05, 0) is 66.9 Å². The highest BCUT2D eigenvalue weighted by molar-refractivity contribution is 6.30. The molecule has 1 heterocycles. The van der Waals surface area contributed by atoms with Crippen molar-refractivity contribution in [3.63, 3.8) is 0 Å². The first kappa shape index (κ1) is 20.6. The normalized spacial score (nSPS) is 11.2. The Labute approximate surface area is 185 Å². The van der Waals surface area contributed by atoms with Crippen LogP contribution in [0.2, 0.25) is 5.02 Å². The molecule has 1 N–H and O–H groups in total. The Kier molecular flexibility index (Phi) is 5.74. The molecule has 0 aliphatic heterocycles. The van der Waals surface area contributed by atoms with Gasteiger partial charge in [0.05, 0.1) is 11.4 Å². The van der Waals surface area contributed by atoms with Crippen LogP contribution in [0, 0.1) is 13.8 Å². The van der Waals surface area contributed by atoms with Gasteiger partial charge in [-0.1, -0.05) is 54.1 Å². The van der Waals surface area contributed by atoms with Crippen LogP contribution in [0.15, 0.2) is 83.8 Å². The van der Waals surface area contributed by atoms with E-state index in [1.54, 1.807) is 47.2 Å². The molecule has 154 valence electrons. The van der Waals surface area contributed by atoms with Crippen molar-refractivity contribution >= 4 is 23.5 Å². The maximum Gasteiger partial charge on any atom is 0.330 e. The number of ketones is 1. The summed E-state index contributed by atoms with van der Waals surface area (Å²) in [5.41, 5.74) is 5.77. The summed E-state index contributed by atoms with van der Waals surface area (Å²) in [5.74, 6) is -0.145. The van der Waals surface area contributed by atoms with Crippen LogP contribution in [0.3, 0.4) is 0 Å². The number of aryl methyl sites for hydroxylation is 2. The predicted octanol–water partition coefficient (Wildman–Crippen LogP) is 6.00. The maximum absolute atomic E-state index is 12.7. The molecule has 31 heavy (non-hydrogen) atoms. The summed E-state index contributed by atoms with van der Waals surface area (Å²) in [6.07, 6.45) is 4.96. The van der Waals surface area contributed by atoms with E-state index in [0.717, 1.165) is 22.4 Å². The van der Waals surface area contributed by atoms with Crippen LogP contribution in [0.5, 0.6) is 0 Å². The molecule has 4 aromatic rings. The molecule has 0 aliphatic rings. The predicted molar refractivity (Wildman–Crippen MR) is 126 cm³/mol. The number of nitrogens with one attached hydrogen (secondary N) is 1. The number of allylic oxidation sites excluding steroid dienone is 1. The fourth-order valence-electron chi connectivity index (χ4n) is 3.38. The molecule has 0 amide bonds.